The van der Waals surface area contributed by atoms with Crippen molar-refractivity contribution < 1.29 is 9.18 Å². The first kappa shape index (κ1) is 13.0. The molecule has 0 radical (unpaired) electrons. The van der Waals surface area contributed by atoms with Crippen LogP contribution in [0.1, 0.15) is 5.56 Å². The lowest BCUT2D eigenvalue weighted by Gasteiger charge is -2.06. The Balaban J connectivity index is 2.05. The van der Waals surface area contributed by atoms with E-state index in [1.54, 1.807) is 19.2 Å². The summed E-state index contributed by atoms with van der Waals surface area (Å²) in [5, 5.41) is 2.66. The van der Waals surface area contributed by atoms with Crippen molar-refractivity contribution in [1.29, 1.82) is 0 Å². The zero-order valence-electron chi connectivity index (χ0n) is 10.4. The predicted molar refractivity (Wildman–Crippen MR) is 70.4 cm³/mol. The van der Waals surface area contributed by atoms with Crippen molar-refractivity contribution >= 4 is 11.6 Å². The largest absolute Gasteiger partial charge is 0.324 e. The van der Waals surface area contributed by atoms with Gasteiger partial charge in [0.05, 0.1) is 12.1 Å². The van der Waals surface area contributed by atoms with E-state index in [0.29, 0.717) is 11.3 Å². The highest BCUT2D eigenvalue weighted by molar-refractivity contribution is 5.92. The molecule has 98 valence electrons. The molecule has 2 rings (SSSR count). The second kappa shape index (κ2) is 5.48. The minimum atomic E-state index is -0.368. The van der Waals surface area contributed by atoms with Gasteiger partial charge in [-0.05, 0) is 23.8 Å². The lowest BCUT2D eigenvalue weighted by Crippen LogP contribution is -2.19. The average Bonchev–Trinajstić information content (AvgIpc) is 2.34. The number of benzene rings is 1. The second-order valence-electron chi connectivity index (χ2n) is 4.22. The van der Waals surface area contributed by atoms with Crippen LogP contribution in [0.25, 0.3) is 0 Å². The first-order valence-corrected chi connectivity index (χ1v) is 5.75. The van der Waals surface area contributed by atoms with Crippen LogP contribution in [0.2, 0.25) is 0 Å². The van der Waals surface area contributed by atoms with Gasteiger partial charge >= 0.3 is 0 Å². The van der Waals surface area contributed by atoms with Gasteiger partial charge in [-0.3, -0.25) is 9.59 Å². The Kier molecular flexibility index (Phi) is 3.75. The van der Waals surface area contributed by atoms with Crippen molar-refractivity contribution in [2.75, 3.05) is 5.32 Å². The fourth-order valence-electron chi connectivity index (χ4n) is 1.71. The van der Waals surface area contributed by atoms with Gasteiger partial charge in [-0.15, -0.1) is 0 Å². The summed E-state index contributed by atoms with van der Waals surface area (Å²) in [6, 6.07) is 8.80. The molecule has 1 aromatic carbocycles. The van der Waals surface area contributed by atoms with E-state index in [9.17, 15) is 14.0 Å². The first-order chi connectivity index (χ1) is 9.04. The highest BCUT2D eigenvalue weighted by Crippen LogP contribution is 2.07. The normalized spacial score (nSPS) is 10.2. The maximum Gasteiger partial charge on any atom is 0.250 e. The van der Waals surface area contributed by atoms with E-state index in [4.69, 9.17) is 0 Å². The SMILES string of the molecule is Cn1cc(NC(=O)Cc2cccc(F)c2)ccc1=O. The molecule has 0 aliphatic heterocycles. The molecule has 0 saturated heterocycles. The third-order valence-electron chi connectivity index (χ3n) is 2.62. The summed E-state index contributed by atoms with van der Waals surface area (Å²) in [7, 11) is 1.60. The number of hydrogen-bond donors (Lipinski definition) is 1. The molecule has 1 heterocycles. The van der Waals surface area contributed by atoms with E-state index in [1.807, 2.05) is 0 Å². The zero-order chi connectivity index (χ0) is 13.8. The minimum absolute atomic E-state index is 0.0839. The number of carbonyl (C=O) groups excluding carboxylic acids is 1. The van der Waals surface area contributed by atoms with Crippen LogP contribution in [0.15, 0.2) is 47.4 Å². The Labute approximate surface area is 109 Å². The third-order valence-corrected chi connectivity index (χ3v) is 2.62. The number of aryl methyl sites for hydroxylation is 1. The molecule has 1 N–H and O–H groups in total. The summed E-state index contributed by atoms with van der Waals surface area (Å²) in [6.07, 6.45) is 1.62. The van der Waals surface area contributed by atoms with Crippen LogP contribution >= 0.6 is 0 Å². The van der Waals surface area contributed by atoms with Crippen molar-refractivity contribution in [2.24, 2.45) is 7.05 Å². The van der Waals surface area contributed by atoms with E-state index in [0.717, 1.165) is 0 Å². The zero-order valence-corrected chi connectivity index (χ0v) is 10.4. The summed E-state index contributed by atoms with van der Waals surface area (Å²) in [5.41, 5.74) is 0.981. The molecule has 0 atom stereocenters. The maximum atomic E-state index is 13.0. The third kappa shape index (κ3) is 3.51. The number of hydrogen-bond acceptors (Lipinski definition) is 2. The van der Waals surface area contributed by atoms with Crippen LogP contribution in [-0.2, 0) is 18.3 Å². The molecule has 0 bridgehead atoms. The fraction of sp³-hybridized carbons (Fsp3) is 0.143. The minimum Gasteiger partial charge on any atom is -0.324 e. The molecule has 1 aromatic heterocycles. The van der Waals surface area contributed by atoms with Crippen LogP contribution in [0, 0.1) is 5.82 Å². The van der Waals surface area contributed by atoms with E-state index >= 15 is 0 Å². The molecule has 1 amide bonds. The number of nitrogens with one attached hydrogen (secondary N) is 1. The molecule has 2 aromatic rings. The van der Waals surface area contributed by atoms with E-state index < -0.39 is 0 Å². The van der Waals surface area contributed by atoms with Gasteiger partial charge in [0.15, 0.2) is 0 Å². The summed E-state index contributed by atoms with van der Waals surface area (Å²) in [4.78, 5) is 23.0. The van der Waals surface area contributed by atoms with Gasteiger partial charge in [0.25, 0.3) is 0 Å². The van der Waals surface area contributed by atoms with Crippen molar-refractivity contribution in [3.8, 4) is 0 Å². The van der Waals surface area contributed by atoms with Gasteiger partial charge in [0.2, 0.25) is 11.5 Å². The Morgan fingerprint density at radius 2 is 2.11 bits per heavy atom. The molecule has 0 saturated carbocycles. The van der Waals surface area contributed by atoms with Gasteiger partial charge in [-0.1, -0.05) is 12.1 Å². The van der Waals surface area contributed by atoms with Crippen molar-refractivity contribution in [3.63, 3.8) is 0 Å². The second-order valence-corrected chi connectivity index (χ2v) is 4.22. The molecule has 19 heavy (non-hydrogen) atoms. The van der Waals surface area contributed by atoms with Gasteiger partial charge < -0.3 is 9.88 Å². The number of carbonyl (C=O) groups is 1. The Morgan fingerprint density at radius 1 is 1.32 bits per heavy atom. The summed E-state index contributed by atoms with van der Waals surface area (Å²) >= 11 is 0. The topological polar surface area (TPSA) is 51.1 Å². The van der Waals surface area contributed by atoms with Crippen LogP contribution in [0.3, 0.4) is 0 Å². The number of pyridine rings is 1. The quantitative estimate of drug-likeness (QED) is 0.913. The molecule has 5 heteroatoms. The highest BCUT2D eigenvalue weighted by Gasteiger charge is 2.05. The standard InChI is InChI=1S/C14H13FN2O2/c1-17-9-12(5-6-14(17)19)16-13(18)8-10-3-2-4-11(15)7-10/h2-7,9H,8H2,1H3,(H,16,18). The molecule has 0 unspecified atom stereocenters. The lowest BCUT2D eigenvalue weighted by molar-refractivity contribution is -0.115. The monoisotopic (exact) mass is 260 g/mol. The molecule has 0 fully saturated rings. The number of anilines is 1. The van der Waals surface area contributed by atoms with Crippen molar-refractivity contribution in [1.82, 2.24) is 4.57 Å². The maximum absolute atomic E-state index is 13.0. The molecular formula is C14H13FN2O2. The van der Waals surface area contributed by atoms with Crippen LogP contribution in [0.4, 0.5) is 10.1 Å². The van der Waals surface area contributed by atoms with Gasteiger partial charge in [-0.25, -0.2) is 4.39 Å². The summed E-state index contributed by atoms with van der Waals surface area (Å²) in [5.74, 6) is -0.628. The van der Waals surface area contributed by atoms with Gasteiger partial charge in [0.1, 0.15) is 5.82 Å². The van der Waals surface area contributed by atoms with E-state index in [2.05, 4.69) is 5.32 Å². The Hall–Kier alpha value is -2.43. The van der Waals surface area contributed by atoms with Crippen molar-refractivity contribution in [2.45, 2.75) is 6.42 Å². The number of rotatable bonds is 3. The highest BCUT2D eigenvalue weighted by atomic mass is 19.1. The molecule has 0 spiro atoms. The van der Waals surface area contributed by atoms with Crippen LogP contribution in [0.5, 0.6) is 0 Å². The molecule has 0 aliphatic rings. The summed E-state index contributed by atoms with van der Waals surface area (Å²) in [6.45, 7) is 0. The molecule has 0 aliphatic carbocycles. The van der Waals surface area contributed by atoms with Gasteiger partial charge in [-0.2, -0.15) is 0 Å². The molecular weight excluding hydrogens is 247 g/mol. The lowest BCUT2D eigenvalue weighted by atomic mass is 10.1. The van der Waals surface area contributed by atoms with Crippen LogP contribution < -0.4 is 10.9 Å². The van der Waals surface area contributed by atoms with Gasteiger partial charge in [0, 0.05) is 19.3 Å². The number of halogens is 1. The van der Waals surface area contributed by atoms with Crippen molar-refractivity contribution in [3.05, 3.63) is 64.3 Å². The van der Waals surface area contributed by atoms with Crippen LogP contribution in [-0.4, -0.2) is 10.5 Å². The smallest absolute Gasteiger partial charge is 0.250 e. The summed E-state index contributed by atoms with van der Waals surface area (Å²) < 4.78 is 14.3. The number of nitrogens with zero attached hydrogens (tertiary/aromatic N) is 1. The fourth-order valence-corrected chi connectivity index (χ4v) is 1.71. The average molecular weight is 260 g/mol. The molecule has 4 nitrogen and oxygen atoms in total. The number of amides is 1. The Bertz CT molecular complexity index is 664. The van der Waals surface area contributed by atoms with E-state index in [-0.39, 0.29) is 23.7 Å². The number of aromatic nitrogens is 1. The predicted octanol–water partition coefficient (Wildman–Crippen LogP) is 1.71. The Morgan fingerprint density at radius 3 is 2.79 bits per heavy atom. The van der Waals surface area contributed by atoms with E-state index in [1.165, 1.54) is 35.0 Å². The first-order valence-electron chi connectivity index (χ1n) is 5.75.